The molecule has 1 N–H and O–H groups in total. The van der Waals surface area contributed by atoms with Crippen molar-refractivity contribution in [3.8, 4) is 0 Å². The van der Waals surface area contributed by atoms with E-state index in [9.17, 15) is 19.7 Å². The van der Waals surface area contributed by atoms with E-state index < -0.39 is 40.2 Å². The molecule has 0 amide bonds. The van der Waals surface area contributed by atoms with E-state index in [0.717, 1.165) is 13.0 Å². The first-order valence-corrected chi connectivity index (χ1v) is 15.5. The Hall–Kier alpha value is -4.08. The Morgan fingerprint density at radius 3 is 2.00 bits per heavy atom. The third-order valence-electron chi connectivity index (χ3n) is 8.82. The molecule has 240 valence electrons. The minimum absolute atomic E-state index is 0.103. The first kappa shape index (κ1) is 33.8. The molecule has 3 aromatic rings. The van der Waals surface area contributed by atoms with Crippen molar-refractivity contribution >= 4 is 17.6 Å². The molecule has 0 spiro atoms. The maximum atomic E-state index is 14.0. The molecule has 0 saturated carbocycles. The maximum absolute atomic E-state index is 14.0. The number of methoxy groups -OCH3 is 1. The van der Waals surface area contributed by atoms with Crippen LogP contribution in [0, 0.1) is 22.0 Å². The molecular weight excluding hydrogens is 570 g/mol. The summed E-state index contributed by atoms with van der Waals surface area (Å²) in [4.78, 5) is 40.4. The molecule has 9 nitrogen and oxygen atoms in total. The first-order chi connectivity index (χ1) is 21.4. The summed E-state index contributed by atoms with van der Waals surface area (Å²) in [6.45, 7) is 8.78. The smallest absolute Gasteiger partial charge is 0.311 e. The van der Waals surface area contributed by atoms with Crippen LogP contribution in [0.1, 0.15) is 62.6 Å². The quantitative estimate of drug-likeness (QED) is 0.151. The highest BCUT2D eigenvalue weighted by Crippen LogP contribution is 2.42. The number of nitrogens with one attached hydrogen (secondary N) is 1. The fourth-order valence-corrected chi connectivity index (χ4v) is 6.91. The van der Waals surface area contributed by atoms with Gasteiger partial charge in [0.25, 0.3) is 5.69 Å². The van der Waals surface area contributed by atoms with Crippen LogP contribution in [0.5, 0.6) is 0 Å². The van der Waals surface area contributed by atoms with Crippen LogP contribution < -0.4 is 5.32 Å². The van der Waals surface area contributed by atoms with Crippen molar-refractivity contribution in [2.75, 3.05) is 27.2 Å². The molecule has 3 aromatic carbocycles. The van der Waals surface area contributed by atoms with Gasteiger partial charge >= 0.3 is 11.9 Å². The molecule has 1 aliphatic rings. The number of piperidine rings is 1. The van der Waals surface area contributed by atoms with Crippen molar-refractivity contribution in [3.05, 3.63) is 112 Å². The van der Waals surface area contributed by atoms with E-state index in [1.54, 1.807) is 12.1 Å². The van der Waals surface area contributed by atoms with Crippen LogP contribution in [-0.4, -0.2) is 66.7 Å². The van der Waals surface area contributed by atoms with Crippen molar-refractivity contribution < 1.29 is 24.0 Å². The summed E-state index contributed by atoms with van der Waals surface area (Å²) in [5.74, 6) is -2.93. The zero-order chi connectivity index (χ0) is 32.7. The van der Waals surface area contributed by atoms with E-state index in [1.165, 1.54) is 30.4 Å². The summed E-state index contributed by atoms with van der Waals surface area (Å²) in [6, 6.07) is 26.4. The lowest BCUT2D eigenvalue weighted by atomic mass is 9.68. The molecule has 1 heterocycles. The number of rotatable bonds is 12. The molecule has 5 atom stereocenters. The fourth-order valence-electron chi connectivity index (χ4n) is 6.91. The van der Waals surface area contributed by atoms with E-state index in [0.29, 0.717) is 12.1 Å². The number of esters is 2. The Morgan fingerprint density at radius 2 is 1.47 bits per heavy atom. The van der Waals surface area contributed by atoms with E-state index in [2.05, 4.69) is 58.7 Å². The molecule has 4 unspecified atom stereocenters. The van der Waals surface area contributed by atoms with Crippen molar-refractivity contribution in [3.63, 3.8) is 0 Å². The summed E-state index contributed by atoms with van der Waals surface area (Å²) in [5, 5.41) is 15.0. The summed E-state index contributed by atoms with van der Waals surface area (Å²) < 4.78 is 11.4. The third-order valence-corrected chi connectivity index (χ3v) is 8.82. The molecule has 1 saturated heterocycles. The van der Waals surface area contributed by atoms with Gasteiger partial charge in [0.05, 0.1) is 23.9 Å². The lowest BCUT2D eigenvalue weighted by molar-refractivity contribution is -0.385. The number of hydrogen-bond acceptors (Lipinski definition) is 8. The number of carbonyl (C=O) groups excluding carboxylic acids is 2. The first-order valence-electron chi connectivity index (χ1n) is 15.5. The Balaban J connectivity index is 1.52. The standard InChI is InChI=1S/C36H45N3O6/c1-24-31(34(40)44-6)33(28-18-13-19-29(22-28)39(42)43)32(25(2)37-24)35(41)45-36(3,4)23-38(5)21-20-30(26-14-9-7-10-15-26)27-16-11-8-12-17-27/h7-19,22,24-25,30-33,37H,20-21,23H2,1-6H3/t24?,25?,31?,32?,33-/m1/s1. The third kappa shape index (κ3) is 8.35. The van der Waals surface area contributed by atoms with Crippen LogP contribution in [0.25, 0.3) is 0 Å². The lowest BCUT2D eigenvalue weighted by Gasteiger charge is -2.45. The predicted molar refractivity (Wildman–Crippen MR) is 174 cm³/mol. The van der Waals surface area contributed by atoms with Crippen LogP contribution in [-0.2, 0) is 19.1 Å². The fraction of sp³-hybridized carbons (Fsp3) is 0.444. The number of ether oxygens (including phenoxy) is 2. The number of non-ortho nitro benzene ring substituents is 1. The largest absolute Gasteiger partial charge is 0.469 e. The van der Waals surface area contributed by atoms with Gasteiger partial charge in [-0.05, 0) is 64.4 Å². The molecule has 0 aliphatic carbocycles. The zero-order valence-corrected chi connectivity index (χ0v) is 27.0. The average Bonchev–Trinajstić information content (AvgIpc) is 3.01. The topological polar surface area (TPSA) is 111 Å². The maximum Gasteiger partial charge on any atom is 0.311 e. The zero-order valence-electron chi connectivity index (χ0n) is 27.0. The van der Waals surface area contributed by atoms with Gasteiger partial charge < -0.3 is 19.7 Å². The van der Waals surface area contributed by atoms with E-state index in [4.69, 9.17) is 9.47 Å². The number of nitro groups is 1. The van der Waals surface area contributed by atoms with Crippen LogP contribution in [0.2, 0.25) is 0 Å². The number of nitrogens with zero attached hydrogens (tertiary/aromatic N) is 2. The molecule has 0 bridgehead atoms. The normalized spacial score (nSPS) is 21.8. The van der Waals surface area contributed by atoms with Crippen LogP contribution >= 0.6 is 0 Å². The molecular formula is C36H45N3O6. The van der Waals surface area contributed by atoms with Crippen molar-refractivity contribution in [1.82, 2.24) is 10.2 Å². The van der Waals surface area contributed by atoms with Crippen LogP contribution in [0.4, 0.5) is 5.69 Å². The lowest BCUT2D eigenvalue weighted by Crippen LogP contribution is -2.59. The summed E-state index contributed by atoms with van der Waals surface area (Å²) in [7, 11) is 3.33. The Morgan fingerprint density at radius 1 is 0.911 bits per heavy atom. The molecule has 9 heteroatoms. The summed E-state index contributed by atoms with van der Waals surface area (Å²) in [5.41, 5.74) is 2.08. The average molecular weight is 616 g/mol. The van der Waals surface area contributed by atoms with E-state index in [-0.39, 0.29) is 23.7 Å². The van der Waals surface area contributed by atoms with Gasteiger partial charge in [0.2, 0.25) is 0 Å². The summed E-state index contributed by atoms with van der Waals surface area (Å²) >= 11 is 0. The monoisotopic (exact) mass is 615 g/mol. The minimum Gasteiger partial charge on any atom is -0.469 e. The Bertz CT molecular complexity index is 1410. The molecule has 45 heavy (non-hydrogen) atoms. The summed E-state index contributed by atoms with van der Waals surface area (Å²) in [6.07, 6.45) is 0.881. The van der Waals surface area contributed by atoms with Gasteiger partial charge in [0.1, 0.15) is 5.60 Å². The predicted octanol–water partition coefficient (Wildman–Crippen LogP) is 5.94. The number of carbonyl (C=O) groups is 2. The van der Waals surface area contributed by atoms with Crippen molar-refractivity contribution in [2.45, 2.75) is 63.6 Å². The SMILES string of the molecule is COC(=O)C1C(C)NC(C)C(C(=O)OC(C)(C)CN(C)CCC(c2ccccc2)c2ccccc2)[C@@H]1c1cccc([N+](=O)[O-])c1. The van der Waals surface area contributed by atoms with Crippen molar-refractivity contribution in [1.29, 1.82) is 0 Å². The second-order valence-electron chi connectivity index (χ2n) is 12.8. The Labute approximate surface area is 266 Å². The minimum atomic E-state index is -0.850. The van der Waals surface area contributed by atoms with Crippen molar-refractivity contribution in [2.24, 2.45) is 11.8 Å². The van der Waals surface area contributed by atoms with E-state index in [1.807, 2.05) is 46.9 Å². The number of benzene rings is 3. The second-order valence-corrected chi connectivity index (χ2v) is 12.8. The molecule has 0 aromatic heterocycles. The van der Waals surface area contributed by atoms with E-state index >= 15 is 0 Å². The number of nitro benzene ring substituents is 1. The highest BCUT2D eigenvalue weighted by molar-refractivity contribution is 5.80. The van der Waals surface area contributed by atoms with Gasteiger partial charge in [-0.3, -0.25) is 19.7 Å². The van der Waals surface area contributed by atoms with Gasteiger partial charge in [-0.2, -0.15) is 0 Å². The number of hydrogen-bond donors (Lipinski definition) is 1. The highest BCUT2D eigenvalue weighted by Gasteiger charge is 2.50. The highest BCUT2D eigenvalue weighted by atomic mass is 16.6. The number of likely N-dealkylation sites (N-methyl/N-ethyl adjacent to an activating group) is 1. The van der Waals surface area contributed by atoms with Gasteiger partial charge in [0, 0.05) is 42.6 Å². The van der Waals surface area contributed by atoms with Gasteiger partial charge in [-0.15, -0.1) is 0 Å². The molecule has 1 aliphatic heterocycles. The van der Waals surface area contributed by atoms with Crippen LogP contribution in [0.15, 0.2) is 84.9 Å². The van der Waals surface area contributed by atoms with Gasteiger partial charge in [-0.25, -0.2) is 0 Å². The van der Waals surface area contributed by atoms with Gasteiger partial charge in [0.15, 0.2) is 0 Å². The van der Waals surface area contributed by atoms with Gasteiger partial charge in [-0.1, -0.05) is 72.8 Å². The second kappa shape index (κ2) is 14.8. The molecule has 0 radical (unpaired) electrons. The molecule has 1 fully saturated rings. The van der Waals surface area contributed by atoms with Crippen LogP contribution in [0.3, 0.4) is 0 Å². The molecule has 4 rings (SSSR count). The Kier molecular flexibility index (Phi) is 11.1.